The number of benzene rings is 2. The molecule has 1 heterocycles. The maximum Gasteiger partial charge on any atom is 0.262 e. The first kappa shape index (κ1) is 29.7. The van der Waals surface area contributed by atoms with Crippen LogP contribution in [0.5, 0.6) is 0 Å². The van der Waals surface area contributed by atoms with Gasteiger partial charge in [-0.3, -0.25) is 9.59 Å². The molecule has 3 aromatic rings. The molecule has 0 bridgehead atoms. The minimum absolute atomic E-state index is 0.0336. The second-order valence-electron chi connectivity index (χ2n) is 8.99. The van der Waals surface area contributed by atoms with E-state index in [1.807, 2.05) is 32.0 Å². The van der Waals surface area contributed by atoms with Crippen LogP contribution in [0.4, 0.5) is 4.39 Å². The Balaban J connectivity index is 1.57. The van der Waals surface area contributed by atoms with Gasteiger partial charge in [-0.15, -0.1) is 11.3 Å². The molecular weight excluding hydrogens is 649 g/mol. The fourth-order valence-corrected chi connectivity index (χ4v) is 7.21. The third kappa shape index (κ3) is 7.82. The first-order valence-electron chi connectivity index (χ1n) is 11.6. The molecule has 1 atom stereocenters. The SMILES string of the molecule is CC(C)C[C@H](NC(=O)c1cc2cc(Br)ccc2s1)C(=O)NCCCN(C)S(=O)(=O)c1ccc(F)cc1Br. The summed E-state index contributed by atoms with van der Waals surface area (Å²) in [4.78, 5) is 26.3. The van der Waals surface area contributed by atoms with E-state index in [0.717, 1.165) is 31.0 Å². The third-order valence-corrected chi connectivity index (χ3v) is 10.0. The fraction of sp³-hybridized carbons (Fsp3) is 0.360. The van der Waals surface area contributed by atoms with Gasteiger partial charge in [0.2, 0.25) is 15.9 Å². The maximum absolute atomic E-state index is 13.3. The minimum Gasteiger partial charge on any atom is -0.354 e. The Hall–Kier alpha value is -1.86. The summed E-state index contributed by atoms with van der Waals surface area (Å²) in [5, 5.41) is 6.60. The number of thiophene rings is 1. The molecule has 0 saturated carbocycles. The predicted molar refractivity (Wildman–Crippen MR) is 152 cm³/mol. The van der Waals surface area contributed by atoms with Crippen molar-refractivity contribution in [1.29, 1.82) is 0 Å². The van der Waals surface area contributed by atoms with Gasteiger partial charge in [0.15, 0.2) is 0 Å². The number of nitrogens with one attached hydrogen (secondary N) is 2. The van der Waals surface area contributed by atoms with Crippen molar-refractivity contribution in [1.82, 2.24) is 14.9 Å². The van der Waals surface area contributed by atoms with Crippen LogP contribution in [0.25, 0.3) is 10.1 Å². The molecule has 0 fully saturated rings. The fourth-order valence-electron chi connectivity index (χ4n) is 3.67. The number of carbonyl (C=O) groups excluding carboxylic acids is 2. The highest BCUT2D eigenvalue weighted by atomic mass is 79.9. The van der Waals surface area contributed by atoms with Gasteiger partial charge >= 0.3 is 0 Å². The lowest BCUT2D eigenvalue weighted by Crippen LogP contribution is -2.47. The Morgan fingerprint density at radius 3 is 2.51 bits per heavy atom. The van der Waals surface area contributed by atoms with Crippen molar-refractivity contribution in [2.24, 2.45) is 5.92 Å². The molecule has 1 aromatic heterocycles. The molecule has 0 unspecified atom stereocenters. The van der Waals surface area contributed by atoms with Crippen molar-refractivity contribution in [3.05, 3.63) is 62.1 Å². The second kappa shape index (κ2) is 12.8. The van der Waals surface area contributed by atoms with Gasteiger partial charge < -0.3 is 10.6 Å². The number of hydrogen-bond donors (Lipinski definition) is 2. The van der Waals surface area contributed by atoms with Crippen LogP contribution in [0.3, 0.4) is 0 Å². The minimum atomic E-state index is -3.83. The summed E-state index contributed by atoms with van der Waals surface area (Å²) in [7, 11) is -2.40. The summed E-state index contributed by atoms with van der Waals surface area (Å²) in [6.07, 6.45) is 0.814. The lowest BCUT2D eigenvalue weighted by Gasteiger charge is -2.21. The second-order valence-corrected chi connectivity index (χ2v) is 13.9. The van der Waals surface area contributed by atoms with E-state index >= 15 is 0 Å². The number of carbonyl (C=O) groups is 2. The molecule has 2 amide bonds. The zero-order chi connectivity index (χ0) is 27.3. The normalized spacial score (nSPS) is 12.8. The molecule has 7 nitrogen and oxygen atoms in total. The average Bonchev–Trinajstić information content (AvgIpc) is 3.24. The van der Waals surface area contributed by atoms with Crippen molar-refractivity contribution >= 4 is 75.1 Å². The highest BCUT2D eigenvalue weighted by Crippen LogP contribution is 2.28. The Bertz CT molecular complexity index is 1400. The molecule has 0 aliphatic heterocycles. The van der Waals surface area contributed by atoms with Crippen LogP contribution in [-0.4, -0.2) is 50.7 Å². The number of halogens is 3. The van der Waals surface area contributed by atoms with Gasteiger partial charge in [-0.25, -0.2) is 17.1 Å². The van der Waals surface area contributed by atoms with Crippen LogP contribution in [-0.2, 0) is 14.8 Å². The lowest BCUT2D eigenvalue weighted by atomic mass is 10.0. The van der Waals surface area contributed by atoms with Gasteiger partial charge in [0.05, 0.1) is 9.77 Å². The molecule has 200 valence electrons. The standard InChI is InChI=1S/C25H28Br2FN3O4S2/c1-15(2)11-20(30-25(33)22-13-16-12-17(26)5-7-21(16)36-22)24(32)29-9-4-10-31(3)37(34,35)23-8-6-18(28)14-19(23)27/h5-8,12-15,20H,4,9-11H2,1-3H3,(H,29,32)(H,30,33)/t20-/m0/s1. The van der Waals surface area contributed by atoms with Gasteiger partial charge in [0.1, 0.15) is 11.9 Å². The molecule has 0 aliphatic rings. The van der Waals surface area contributed by atoms with E-state index in [9.17, 15) is 22.4 Å². The van der Waals surface area contributed by atoms with Crippen LogP contribution in [0.1, 0.15) is 36.4 Å². The average molecular weight is 677 g/mol. The van der Waals surface area contributed by atoms with Crippen molar-refractivity contribution in [3.63, 3.8) is 0 Å². The summed E-state index contributed by atoms with van der Waals surface area (Å²) in [6.45, 7) is 4.31. The van der Waals surface area contributed by atoms with Crippen LogP contribution in [0.2, 0.25) is 0 Å². The van der Waals surface area contributed by atoms with Crippen molar-refractivity contribution in [2.75, 3.05) is 20.1 Å². The number of nitrogens with zero attached hydrogens (tertiary/aromatic N) is 1. The Morgan fingerprint density at radius 2 is 1.84 bits per heavy atom. The van der Waals surface area contributed by atoms with Crippen molar-refractivity contribution in [3.8, 4) is 0 Å². The summed E-state index contributed by atoms with van der Waals surface area (Å²) < 4.78 is 42.1. The number of sulfonamides is 1. The molecule has 2 N–H and O–H groups in total. The van der Waals surface area contributed by atoms with E-state index in [4.69, 9.17) is 0 Å². The van der Waals surface area contributed by atoms with E-state index in [2.05, 4.69) is 42.5 Å². The highest BCUT2D eigenvalue weighted by Gasteiger charge is 2.25. The number of amides is 2. The van der Waals surface area contributed by atoms with E-state index in [1.165, 1.54) is 24.5 Å². The third-order valence-electron chi connectivity index (χ3n) is 5.56. The number of fused-ring (bicyclic) bond motifs is 1. The molecule has 12 heteroatoms. The van der Waals surface area contributed by atoms with Gasteiger partial charge in [0, 0.05) is 33.8 Å². The quantitative estimate of drug-likeness (QED) is 0.261. The van der Waals surface area contributed by atoms with Crippen LogP contribution >= 0.6 is 43.2 Å². The van der Waals surface area contributed by atoms with Crippen molar-refractivity contribution < 1.29 is 22.4 Å². The summed E-state index contributed by atoms with van der Waals surface area (Å²) in [5.74, 6) is -1.01. The van der Waals surface area contributed by atoms with E-state index < -0.39 is 21.9 Å². The first-order chi connectivity index (χ1) is 17.4. The van der Waals surface area contributed by atoms with E-state index in [0.29, 0.717) is 17.7 Å². The van der Waals surface area contributed by atoms with Gasteiger partial charge in [-0.05, 0) is 82.5 Å². The molecule has 0 radical (unpaired) electrons. The summed E-state index contributed by atoms with van der Waals surface area (Å²) >= 11 is 7.89. The Morgan fingerprint density at radius 1 is 1.11 bits per heavy atom. The number of rotatable bonds is 11. The monoisotopic (exact) mass is 675 g/mol. The topological polar surface area (TPSA) is 95.6 Å². The predicted octanol–water partition coefficient (Wildman–Crippen LogP) is 5.54. The van der Waals surface area contributed by atoms with Crippen molar-refractivity contribution in [2.45, 2.75) is 37.6 Å². The zero-order valence-corrected chi connectivity index (χ0v) is 25.4. The van der Waals surface area contributed by atoms with Crippen LogP contribution in [0, 0.1) is 11.7 Å². The highest BCUT2D eigenvalue weighted by molar-refractivity contribution is 9.10. The molecule has 3 rings (SSSR count). The lowest BCUT2D eigenvalue weighted by molar-refractivity contribution is -0.123. The van der Waals surface area contributed by atoms with Crippen LogP contribution in [0.15, 0.2) is 56.3 Å². The molecular formula is C25H28Br2FN3O4S2. The summed E-state index contributed by atoms with van der Waals surface area (Å²) in [6, 6.07) is 10.3. The first-order valence-corrected chi connectivity index (χ1v) is 15.4. The Labute approximate surface area is 237 Å². The van der Waals surface area contributed by atoms with Gasteiger partial charge in [0.25, 0.3) is 5.91 Å². The van der Waals surface area contributed by atoms with Gasteiger partial charge in [-0.1, -0.05) is 29.8 Å². The van der Waals surface area contributed by atoms with E-state index in [-0.39, 0.29) is 40.2 Å². The van der Waals surface area contributed by atoms with E-state index in [1.54, 1.807) is 6.07 Å². The molecule has 2 aromatic carbocycles. The van der Waals surface area contributed by atoms with Crippen LogP contribution < -0.4 is 10.6 Å². The molecule has 0 aliphatic carbocycles. The molecule has 0 saturated heterocycles. The van der Waals surface area contributed by atoms with Gasteiger partial charge in [-0.2, -0.15) is 0 Å². The zero-order valence-electron chi connectivity index (χ0n) is 20.6. The largest absolute Gasteiger partial charge is 0.354 e. The summed E-state index contributed by atoms with van der Waals surface area (Å²) in [5.41, 5.74) is 0. The number of hydrogen-bond acceptors (Lipinski definition) is 5. The molecule has 0 spiro atoms. The smallest absolute Gasteiger partial charge is 0.262 e. The maximum atomic E-state index is 13.3. The molecule has 37 heavy (non-hydrogen) atoms. The Kier molecular flexibility index (Phi) is 10.3.